The first-order valence-corrected chi connectivity index (χ1v) is 10.1. The molecule has 0 radical (unpaired) electrons. The van der Waals surface area contributed by atoms with E-state index >= 15 is 0 Å². The number of nitrogens with one attached hydrogen (secondary N) is 1. The number of hydrogen-bond acceptors (Lipinski definition) is 7. The van der Waals surface area contributed by atoms with Crippen LogP contribution in [0.25, 0.3) is 17.1 Å². The monoisotopic (exact) mass is 425 g/mol. The van der Waals surface area contributed by atoms with Crippen LogP contribution < -0.4 is 10.9 Å². The molecule has 0 amide bonds. The third kappa shape index (κ3) is 4.60. The maximum Gasteiger partial charge on any atom is 0.308 e. The second kappa shape index (κ2) is 9.03. The number of esters is 1. The van der Waals surface area contributed by atoms with Gasteiger partial charge in [0, 0.05) is 31.5 Å². The zero-order valence-electron chi connectivity index (χ0n) is 17.0. The summed E-state index contributed by atoms with van der Waals surface area (Å²) in [5, 5.41) is 3.24. The van der Waals surface area contributed by atoms with E-state index in [0.717, 1.165) is 31.9 Å². The summed E-state index contributed by atoms with van der Waals surface area (Å²) in [6.45, 7) is 0. The molecule has 3 aromatic rings. The van der Waals surface area contributed by atoms with Crippen molar-refractivity contribution < 1.29 is 15.3 Å². The van der Waals surface area contributed by atoms with Gasteiger partial charge >= 0.3 is 5.97 Å². The minimum atomic E-state index is -0.572. The smallest absolute Gasteiger partial charge is 0.308 e. The van der Waals surface area contributed by atoms with E-state index in [2.05, 4.69) is 20.3 Å². The fourth-order valence-electron chi connectivity index (χ4n) is 3.78. The highest BCUT2D eigenvalue weighted by molar-refractivity contribution is 5.72. The molecule has 0 aromatic carbocycles. The SMILES string of the molecule is COC(=O)C1CCC(Nc2ncc(F)c(-c3ccnc(-n4ccccc4=O)c3)n2)CC1.[HH]. The van der Waals surface area contributed by atoms with Crippen LogP contribution in [0.4, 0.5) is 10.3 Å². The zero-order valence-corrected chi connectivity index (χ0v) is 17.0. The van der Waals surface area contributed by atoms with Crippen molar-refractivity contribution in [3.05, 3.63) is 65.1 Å². The van der Waals surface area contributed by atoms with E-state index in [1.54, 1.807) is 30.5 Å². The molecule has 0 aliphatic heterocycles. The fourth-order valence-corrected chi connectivity index (χ4v) is 3.78. The molecule has 0 bridgehead atoms. The number of carbonyl (C=O) groups is 1. The molecule has 1 aliphatic rings. The van der Waals surface area contributed by atoms with Crippen molar-refractivity contribution in [1.82, 2.24) is 19.5 Å². The molecule has 3 heterocycles. The van der Waals surface area contributed by atoms with Crippen molar-refractivity contribution in [3.63, 3.8) is 0 Å². The molecule has 9 heteroatoms. The van der Waals surface area contributed by atoms with Gasteiger partial charge in [0.25, 0.3) is 5.56 Å². The van der Waals surface area contributed by atoms with E-state index in [1.165, 1.54) is 23.9 Å². The molecule has 0 atom stereocenters. The van der Waals surface area contributed by atoms with Crippen LogP contribution in [0.1, 0.15) is 27.1 Å². The summed E-state index contributed by atoms with van der Waals surface area (Å²) in [5.41, 5.74) is 0.367. The van der Waals surface area contributed by atoms with Gasteiger partial charge in [0.2, 0.25) is 5.95 Å². The molecule has 0 saturated heterocycles. The van der Waals surface area contributed by atoms with Gasteiger partial charge in [-0.1, -0.05) is 6.07 Å². The Hall–Kier alpha value is -3.62. The molecular formula is C22H24FN5O3. The molecule has 162 valence electrons. The highest BCUT2D eigenvalue weighted by Gasteiger charge is 2.27. The lowest BCUT2D eigenvalue weighted by Gasteiger charge is -2.27. The van der Waals surface area contributed by atoms with Crippen LogP contribution in [0.2, 0.25) is 0 Å². The van der Waals surface area contributed by atoms with Gasteiger partial charge in [-0.05, 0) is 43.9 Å². The van der Waals surface area contributed by atoms with Gasteiger partial charge in [0.05, 0.1) is 19.2 Å². The van der Waals surface area contributed by atoms with Crippen LogP contribution in [0.5, 0.6) is 0 Å². The maximum atomic E-state index is 14.5. The molecule has 31 heavy (non-hydrogen) atoms. The van der Waals surface area contributed by atoms with Crippen molar-refractivity contribution in [3.8, 4) is 17.1 Å². The van der Waals surface area contributed by atoms with E-state index in [0.29, 0.717) is 17.3 Å². The van der Waals surface area contributed by atoms with Crippen molar-refractivity contribution in [2.45, 2.75) is 31.7 Å². The fraction of sp³-hybridized carbons (Fsp3) is 0.318. The van der Waals surface area contributed by atoms with E-state index < -0.39 is 5.82 Å². The largest absolute Gasteiger partial charge is 0.469 e. The Kier molecular flexibility index (Phi) is 6.01. The van der Waals surface area contributed by atoms with Crippen molar-refractivity contribution in [1.29, 1.82) is 0 Å². The van der Waals surface area contributed by atoms with Crippen molar-refractivity contribution in [2.75, 3.05) is 12.4 Å². The second-order valence-corrected chi connectivity index (χ2v) is 7.42. The quantitative estimate of drug-likeness (QED) is 0.627. The third-order valence-electron chi connectivity index (χ3n) is 5.43. The van der Waals surface area contributed by atoms with Gasteiger partial charge in [-0.3, -0.25) is 14.2 Å². The summed E-state index contributed by atoms with van der Waals surface area (Å²) in [5.74, 6) is -0.142. The van der Waals surface area contributed by atoms with E-state index in [9.17, 15) is 14.0 Å². The lowest BCUT2D eigenvalue weighted by Crippen LogP contribution is -2.30. The van der Waals surface area contributed by atoms with Gasteiger partial charge < -0.3 is 10.1 Å². The summed E-state index contributed by atoms with van der Waals surface area (Å²) >= 11 is 0. The van der Waals surface area contributed by atoms with Gasteiger partial charge in [-0.15, -0.1) is 0 Å². The molecule has 4 rings (SSSR count). The minimum Gasteiger partial charge on any atom is -0.469 e. The Bertz CT molecular complexity index is 1150. The Labute approximate surface area is 179 Å². The Morgan fingerprint density at radius 2 is 2.03 bits per heavy atom. The zero-order chi connectivity index (χ0) is 21.8. The molecule has 0 spiro atoms. The molecule has 1 fully saturated rings. The Morgan fingerprint density at radius 1 is 1.23 bits per heavy atom. The van der Waals surface area contributed by atoms with E-state index in [1.807, 2.05) is 0 Å². The Morgan fingerprint density at radius 3 is 2.77 bits per heavy atom. The lowest BCUT2D eigenvalue weighted by molar-refractivity contribution is -0.146. The predicted octanol–water partition coefficient (Wildman–Crippen LogP) is 3.22. The number of aromatic nitrogens is 4. The average Bonchev–Trinajstić information content (AvgIpc) is 2.80. The van der Waals surface area contributed by atoms with Crippen LogP contribution in [-0.4, -0.2) is 38.6 Å². The van der Waals surface area contributed by atoms with E-state index in [-0.39, 0.29) is 30.6 Å². The lowest BCUT2D eigenvalue weighted by atomic mass is 9.86. The second-order valence-electron chi connectivity index (χ2n) is 7.42. The number of anilines is 1. The number of ether oxygens (including phenoxy) is 1. The van der Waals surface area contributed by atoms with Gasteiger partial charge in [0.1, 0.15) is 11.5 Å². The molecule has 0 unspecified atom stereocenters. The molecule has 8 nitrogen and oxygen atoms in total. The first-order valence-electron chi connectivity index (χ1n) is 10.1. The van der Waals surface area contributed by atoms with Crippen LogP contribution >= 0.6 is 0 Å². The number of rotatable bonds is 5. The average molecular weight is 425 g/mol. The number of pyridine rings is 2. The van der Waals surface area contributed by atoms with Crippen LogP contribution in [0.3, 0.4) is 0 Å². The Balaban J connectivity index is 0.00000289. The summed E-state index contributed by atoms with van der Waals surface area (Å²) in [6.07, 6.45) is 7.21. The molecule has 1 N–H and O–H groups in total. The van der Waals surface area contributed by atoms with Gasteiger partial charge in [-0.2, -0.15) is 0 Å². The predicted molar refractivity (Wildman–Crippen MR) is 114 cm³/mol. The highest BCUT2D eigenvalue weighted by Crippen LogP contribution is 2.28. The summed E-state index contributed by atoms with van der Waals surface area (Å²) in [6, 6.07) is 8.12. The van der Waals surface area contributed by atoms with Crippen LogP contribution in [0, 0.1) is 11.7 Å². The number of hydrogen-bond donors (Lipinski definition) is 1. The topological polar surface area (TPSA) is 99.0 Å². The highest BCUT2D eigenvalue weighted by atomic mass is 19.1. The summed E-state index contributed by atoms with van der Waals surface area (Å²) < 4.78 is 20.7. The maximum absolute atomic E-state index is 14.5. The van der Waals surface area contributed by atoms with E-state index in [4.69, 9.17) is 4.74 Å². The number of nitrogens with zero attached hydrogens (tertiary/aromatic N) is 4. The van der Waals surface area contributed by atoms with Gasteiger partial charge in [0.15, 0.2) is 5.82 Å². The molecule has 1 aliphatic carbocycles. The first kappa shape index (κ1) is 20.6. The van der Waals surface area contributed by atoms with Crippen molar-refractivity contribution >= 4 is 11.9 Å². The molecule has 1 saturated carbocycles. The standard InChI is InChI=1S/C22H22FN5O3.H2/c1-31-21(30)14-5-7-16(8-6-14)26-22-25-13-17(23)20(27-22)15-9-10-24-18(12-15)28-11-3-2-4-19(28)29;/h2-4,9-14,16H,5-8H2,1H3,(H,25,26,27);1H. The molecule has 3 aromatic heterocycles. The third-order valence-corrected chi connectivity index (χ3v) is 5.43. The normalized spacial score (nSPS) is 18.4. The number of carbonyl (C=O) groups excluding carboxylic acids is 1. The molecular weight excluding hydrogens is 401 g/mol. The van der Waals surface area contributed by atoms with Crippen LogP contribution in [0.15, 0.2) is 53.7 Å². The number of halogens is 1. The minimum absolute atomic E-state index is 0. The van der Waals surface area contributed by atoms with Crippen molar-refractivity contribution in [2.24, 2.45) is 5.92 Å². The first-order chi connectivity index (χ1) is 15.0. The summed E-state index contributed by atoms with van der Waals surface area (Å²) in [7, 11) is 1.40. The summed E-state index contributed by atoms with van der Waals surface area (Å²) in [4.78, 5) is 36.4. The van der Waals surface area contributed by atoms with Crippen LogP contribution in [-0.2, 0) is 9.53 Å². The van der Waals surface area contributed by atoms with Gasteiger partial charge in [-0.25, -0.2) is 19.3 Å². The number of methoxy groups -OCH3 is 1.